The zero-order valence-electron chi connectivity index (χ0n) is 10.2. The minimum absolute atomic E-state index is 0.133. The number of amides is 1. The molecule has 1 saturated heterocycles. The van der Waals surface area contributed by atoms with E-state index in [4.69, 9.17) is 0 Å². The maximum absolute atomic E-state index is 11.9. The van der Waals surface area contributed by atoms with Crippen LogP contribution in [-0.4, -0.2) is 25.5 Å². The fraction of sp³-hybridized carbons (Fsp3) is 0.500. The molecule has 1 aromatic carbocycles. The van der Waals surface area contributed by atoms with E-state index in [1.165, 1.54) is 30.6 Å². The number of carbonyl (C=O) groups is 1. The van der Waals surface area contributed by atoms with Gasteiger partial charge in [0.25, 0.3) is 5.91 Å². The minimum Gasteiger partial charge on any atom is -0.327 e. The van der Waals surface area contributed by atoms with Crippen LogP contribution >= 0.6 is 0 Å². The van der Waals surface area contributed by atoms with Gasteiger partial charge < -0.3 is 10.2 Å². The van der Waals surface area contributed by atoms with E-state index in [9.17, 15) is 4.79 Å². The molecule has 0 aliphatic carbocycles. The molecule has 0 unspecified atom stereocenters. The van der Waals surface area contributed by atoms with Crippen molar-refractivity contribution in [3.05, 3.63) is 30.3 Å². The van der Waals surface area contributed by atoms with E-state index in [-0.39, 0.29) is 5.91 Å². The Morgan fingerprint density at radius 1 is 1.06 bits per heavy atom. The molecule has 0 radical (unpaired) electrons. The third-order valence-electron chi connectivity index (χ3n) is 3.28. The van der Waals surface area contributed by atoms with Crippen LogP contribution in [0.4, 0.5) is 5.69 Å². The predicted octanol–water partition coefficient (Wildman–Crippen LogP) is 1.08. The van der Waals surface area contributed by atoms with Gasteiger partial charge in [-0.1, -0.05) is 18.2 Å². The molecule has 0 spiro atoms. The van der Waals surface area contributed by atoms with Crippen LogP contribution in [0, 0.1) is 0 Å². The second-order valence-corrected chi connectivity index (χ2v) is 4.76. The lowest BCUT2D eigenvalue weighted by Crippen LogP contribution is -3.12. The van der Waals surface area contributed by atoms with Crippen LogP contribution in [0.25, 0.3) is 0 Å². The van der Waals surface area contributed by atoms with Crippen molar-refractivity contribution in [2.24, 2.45) is 0 Å². The summed E-state index contributed by atoms with van der Waals surface area (Å²) >= 11 is 0. The molecule has 0 aromatic heterocycles. The average Bonchev–Trinajstić information content (AvgIpc) is 2.59. The Bertz CT molecular complexity index is 342. The molecule has 3 nitrogen and oxygen atoms in total. The number of likely N-dealkylation sites (tertiary alicyclic amines) is 1. The number of hydrogen-bond donors (Lipinski definition) is 2. The lowest BCUT2D eigenvalue weighted by atomic mass is 10.2. The number of carbonyl (C=O) groups excluding carboxylic acids is 1. The number of nitrogens with one attached hydrogen (secondary N) is 2. The van der Waals surface area contributed by atoms with Gasteiger partial charge in [-0.3, -0.25) is 4.79 Å². The summed E-state index contributed by atoms with van der Waals surface area (Å²) in [7, 11) is 0. The fourth-order valence-corrected chi connectivity index (χ4v) is 2.36. The van der Waals surface area contributed by atoms with E-state index < -0.39 is 0 Å². The predicted molar refractivity (Wildman–Crippen MR) is 69.1 cm³/mol. The van der Waals surface area contributed by atoms with Crippen LogP contribution in [0.15, 0.2) is 30.3 Å². The second-order valence-electron chi connectivity index (χ2n) is 4.76. The second kappa shape index (κ2) is 6.40. The summed E-state index contributed by atoms with van der Waals surface area (Å²) in [6.07, 6.45) is 5.16. The molecule has 17 heavy (non-hydrogen) atoms. The summed E-state index contributed by atoms with van der Waals surface area (Å²) in [5, 5.41) is 2.95. The number of hydrogen-bond acceptors (Lipinski definition) is 1. The highest BCUT2D eigenvalue weighted by molar-refractivity contribution is 5.91. The van der Waals surface area contributed by atoms with Crippen molar-refractivity contribution in [3.63, 3.8) is 0 Å². The molecule has 2 rings (SSSR count). The van der Waals surface area contributed by atoms with Gasteiger partial charge in [0, 0.05) is 5.69 Å². The Labute approximate surface area is 103 Å². The Morgan fingerprint density at radius 2 is 1.71 bits per heavy atom. The summed E-state index contributed by atoms with van der Waals surface area (Å²) in [5.74, 6) is 0.133. The van der Waals surface area contributed by atoms with E-state index in [0.29, 0.717) is 6.54 Å². The standard InChI is InChI=1S/C14H20N2O/c17-14(15-13-8-4-3-5-9-13)12-16-10-6-1-2-7-11-16/h3-5,8-9H,1-2,6-7,10-12H2,(H,15,17)/p+1. The molecule has 0 atom stereocenters. The first-order chi connectivity index (χ1) is 8.34. The van der Waals surface area contributed by atoms with E-state index in [1.807, 2.05) is 30.3 Å². The van der Waals surface area contributed by atoms with Crippen LogP contribution in [0.5, 0.6) is 0 Å². The molecule has 1 fully saturated rings. The number of para-hydroxylation sites is 1. The molecule has 1 aliphatic rings. The molecule has 1 heterocycles. The van der Waals surface area contributed by atoms with Crippen molar-refractivity contribution < 1.29 is 9.69 Å². The van der Waals surface area contributed by atoms with Gasteiger partial charge in [-0.25, -0.2) is 0 Å². The molecule has 1 aromatic rings. The van der Waals surface area contributed by atoms with Crippen LogP contribution in [0.2, 0.25) is 0 Å². The molecule has 2 N–H and O–H groups in total. The Hall–Kier alpha value is -1.35. The Kier molecular flexibility index (Phi) is 4.56. The minimum atomic E-state index is 0.133. The molecular weight excluding hydrogens is 212 g/mol. The zero-order chi connectivity index (χ0) is 11.9. The van der Waals surface area contributed by atoms with Crippen molar-refractivity contribution in [1.29, 1.82) is 0 Å². The summed E-state index contributed by atoms with van der Waals surface area (Å²) in [4.78, 5) is 13.3. The summed E-state index contributed by atoms with van der Waals surface area (Å²) in [5.41, 5.74) is 0.895. The smallest absolute Gasteiger partial charge is 0.279 e. The largest absolute Gasteiger partial charge is 0.327 e. The summed E-state index contributed by atoms with van der Waals surface area (Å²) in [6.45, 7) is 2.89. The molecule has 3 heteroatoms. The molecule has 1 amide bonds. The Balaban J connectivity index is 1.80. The zero-order valence-corrected chi connectivity index (χ0v) is 10.2. The van der Waals surface area contributed by atoms with E-state index in [1.54, 1.807) is 0 Å². The first-order valence-corrected chi connectivity index (χ1v) is 6.53. The van der Waals surface area contributed by atoms with Gasteiger partial charge in [0.1, 0.15) is 0 Å². The summed E-state index contributed by atoms with van der Waals surface area (Å²) in [6, 6.07) is 9.68. The van der Waals surface area contributed by atoms with Crippen molar-refractivity contribution in [2.75, 3.05) is 25.0 Å². The van der Waals surface area contributed by atoms with Crippen molar-refractivity contribution in [2.45, 2.75) is 25.7 Å². The highest BCUT2D eigenvalue weighted by atomic mass is 16.2. The van der Waals surface area contributed by atoms with Crippen molar-refractivity contribution >= 4 is 11.6 Å². The fourth-order valence-electron chi connectivity index (χ4n) is 2.36. The number of benzene rings is 1. The maximum atomic E-state index is 11.9. The van der Waals surface area contributed by atoms with Gasteiger partial charge in [0.2, 0.25) is 0 Å². The van der Waals surface area contributed by atoms with Gasteiger partial charge in [-0.2, -0.15) is 0 Å². The van der Waals surface area contributed by atoms with Crippen LogP contribution in [-0.2, 0) is 4.79 Å². The third kappa shape index (κ3) is 4.19. The molecule has 0 bridgehead atoms. The lowest BCUT2D eigenvalue weighted by Gasteiger charge is -2.16. The van der Waals surface area contributed by atoms with Gasteiger partial charge in [0.05, 0.1) is 13.1 Å². The number of quaternary nitrogens is 1. The van der Waals surface area contributed by atoms with Gasteiger partial charge >= 0.3 is 0 Å². The summed E-state index contributed by atoms with van der Waals surface area (Å²) < 4.78 is 0. The van der Waals surface area contributed by atoms with Gasteiger partial charge in [0.15, 0.2) is 6.54 Å². The molecule has 0 saturated carbocycles. The van der Waals surface area contributed by atoms with Crippen molar-refractivity contribution in [1.82, 2.24) is 0 Å². The third-order valence-corrected chi connectivity index (χ3v) is 3.28. The number of rotatable bonds is 3. The maximum Gasteiger partial charge on any atom is 0.279 e. The average molecular weight is 233 g/mol. The van der Waals surface area contributed by atoms with Gasteiger partial charge in [-0.15, -0.1) is 0 Å². The first kappa shape index (κ1) is 12.1. The monoisotopic (exact) mass is 233 g/mol. The van der Waals surface area contributed by atoms with Gasteiger partial charge in [-0.05, 0) is 37.8 Å². The van der Waals surface area contributed by atoms with Crippen LogP contribution in [0.3, 0.4) is 0 Å². The quantitative estimate of drug-likeness (QED) is 0.805. The van der Waals surface area contributed by atoms with Crippen LogP contribution in [0.1, 0.15) is 25.7 Å². The molecular formula is C14H21N2O+. The first-order valence-electron chi connectivity index (χ1n) is 6.53. The van der Waals surface area contributed by atoms with E-state index >= 15 is 0 Å². The molecule has 92 valence electrons. The van der Waals surface area contributed by atoms with E-state index in [2.05, 4.69) is 5.32 Å². The normalized spacial score (nSPS) is 17.4. The van der Waals surface area contributed by atoms with E-state index in [0.717, 1.165) is 18.8 Å². The molecule has 1 aliphatic heterocycles. The topological polar surface area (TPSA) is 33.5 Å². The Morgan fingerprint density at radius 3 is 2.35 bits per heavy atom. The SMILES string of the molecule is O=C(C[NH+]1CCCCCC1)Nc1ccccc1. The lowest BCUT2D eigenvalue weighted by molar-refractivity contribution is -0.890. The number of anilines is 1. The highest BCUT2D eigenvalue weighted by Crippen LogP contribution is 2.04. The van der Waals surface area contributed by atoms with Crippen molar-refractivity contribution in [3.8, 4) is 0 Å². The highest BCUT2D eigenvalue weighted by Gasteiger charge is 2.15. The van der Waals surface area contributed by atoms with Crippen LogP contribution < -0.4 is 10.2 Å².